The zero-order chi connectivity index (χ0) is 19.5. The molecular weight excluding hydrogens is 352 g/mol. The Morgan fingerprint density at radius 3 is 2.18 bits per heavy atom. The molecule has 0 heterocycles. The molecule has 0 radical (unpaired) electrons. The predicted molar refractivity (Wildman–Crippen MR) is 109 cm³/mol. The number of aryl methyl sites for hydroxylation is 1. The average molecular weight is 376 g/mol. The summed E-state index contributed by atoms with van der Waals surface area (Å²) in [6.45, 7) is 0. The maximum absolute atomic E-state index is 9.51. The van der Waals surface area contributed by atoms with Gasteiger partial charge in [-0.15, -0.1) is 0 Å². The molecule has 3 aromatic carbocycles. The van der Waals surface area contributed by atoms with Crippen LogP contribution >= 0.6 is 0 Å². The number of benzene rings is 3. The molecule has 4 rings (SSSR count). The summed E-state index contributed by atoms with van der Waals surface area (Å²) in [7, 11) is 3.36. The molecule has 1 N–H and O–H groups in total. The molecule has 0 spiro atoms. The van der Waals surface area contributed by atoms with E-state index in [9.17, 15) is 5.11 Å². The van der Waals surface area contributed by atoms with Crippen molar-refractivity contribution in [2.45, 2.75) is 25.2 Å². The minimum Gasteiger partial charge on any atom is -0.508 e. The van der Waals surface area contributed by atoms with E-state index in [1.54, 1.807) is 38.5 Å². The summed E-state index contributed by atoms with van der Waals surface area (Å²) in [5.74, 6) is 3.85. The van der Waals surface area contributed by atoms with Gasteiger partial charge in [0.25, 0.3) is 0 Å². The van der Waals surface area contributed by atoms with Crippen LogP contribution in [0.3, 0.4) is 0 Å². The van der Waals surface area contributed by atoms with Crippen molar-refractivity contribution >= 4 is 0 Å². The summed E-state index contributed by atoms with van der Waals surface area (Å²) in [6, 6.07) is 19.2. The molecule has 1 aliphatic carbocycles. The van der Waals surface area contributed by atoms with Crippen LogP contribution in [0, 0.1) is 0 Å². The molecule has 0 bridgehead atoms. The van der Waals surface area contributed by atoms with Crippen LogP contribution in [0.25, 0.3) is 0 Å². The number of hydrogen-bond acceptors (Lipinski definition) is 4. The lowest BCUT2D eigenvalue weighted by Gasteiger charge is -2.27. The van der Waals surface area contributed by atoms with Gasteiger partial charge < -0.3 is 19.3 Å². The highest BCUT2D eigenvalue weighted by atomic mass is 16.5. The van der Waals surface area contributed by atoms with Gasteiger partial charge in [-0.2, -0.15) is 0 Å². The van der Waals surface area contributed by atoms with Crippen molar-refractivity contribution in [3.05, 3.63) is 77.4 Å². The maximum Gasteiger partial charge on any atom is 0.134 e. The quantitative estimate of drug-likeness (QED) is 0.641. The van der Waals surface area contributed by atoms with E-state index in [4.69, 9.17) is 14.2 Å². The molecule has 0 aliphatic heterocycles. The van der Waals surface area contributed by atoms with Gasteiger partial charge in [-0.3, -0.25) is 0 Å². The molecule has 1 aliphatic rings. The first-order valence-electron chi connectivity index (χ1n) is 9.47. The molecule has 0 saturated heterocycles. The van der Waals surface area contributed by atoms with Crippen molar-refractivity contribution in [2.24, 2.45) is 0 Å². The third kappa shape index (κ3) is 3.77. The Kier molecular flexibility index (Phi) is 5.11. The van der Waals surface area contributed by atoms with Crippen molar-refractivity contribution < 1.29 is 19.3 Å². The van der Waals surface area contributed by atoms with E-state index >= 15 is 0 Å². The molecule has 3 aromatic rings. The number of phenolic OH excluding ortho intramolecular Hbond substituents is 1. The smallest absolute Gasteiger partial charge is 0.134 e. The van der Waals surface area contributed by atoms with Crippen LogP contribution in [-0.4, -0.2) is 19.3 Å². The Balaban J connectivity index is 1.65. The largest absolute Gasteiger partial charge is 0.508 e. The van der Waals surface area contributed by atoms with Crippen LogP contribution < -0.4 is 14.2 Å². The molecule has 0 saturated carbocycles. The second-order valence-electron chi connectivity index (χ2n) is 7.07. The van der Waals surface area contributed by atoms with E-state index in [2.05, 4.69) is 18.2 Å². The Morgan fingerprint density at radius 2 is 1.50 bits per heavy atom. The number of rotatable bonds is 5. The van der Waals surface area contributed by atoms with Gasteiger partial charge in [0.1, 0.15) is 28.7 Å². The molecule has 1 atom stereocenters. The van der Waals surface area contributed by atoms with Gasteiger partial charge in [0.2, 0.25) is 0 Å². The third-order valence-electron chi connectivity index (χ3n) is 5.37. The van der Waals surface area contributed by atoms with Gasteiger partial charge in [-0.1, -0.05) is 12.1 Å². The summed E-state index contributed by atoms with van der Waals surface area (Å²) < 4.78 is 16.9. The lowest BCUT2D eigenvalue weighted by Crippen LogP contribution is -2.14. The Hall–Kier alpha value is -3.14. The minimum absolute atomic E-state index is 0.222. The van der Waals surface area contributed by atoms with Crippen molar-refractivity contribution in [3.8, 4) is 28.7 Å². The number of fused-ring (bicyclic) bond motifs is 1. The normalized spacial score (nSPS) is 15.6. The Labute approximate surface area is 165 Å². The number of phenols is 1. The van der Waals surface area contributed by atoms with Crippen LogP contribution in [0.2, 0.25) is 0 Å². The first-order valence-corrected chi connectivity index (χ1v) is 9.47. The van der Waals surface area contributed by atoms with Crippen LogP contribution in [0.15, 0.2) is 60.7 Å². The summed E-state index contributed by atoms with van der Waals surface area (Å²) in [4.78, 5) is 0. The second-order valence-corrected chi connectivity index (χ2v) is 7.07. The van der Waals surface area contributed by atoms with E-state index in [1.165, 1.54) is 16.7 Å². The standard InChI is InChI=1S/C24H24O4/c1-26-20-9-5-16(6-10-20)17-3-4-18-13-22(27-2)15-24(23(18)14-17)28-21-11-7-19(25)8-12-21/h5-13,15,17,25H,3-4,14H2,1-2H3. The zero-order valence-corrected chi connectivity index (χ0v) is 16.1. The van der Waals surface area contributed by atoms with Crippen LogP contribution in [0.4, 0.5) is 0 Å². The SMILES string of the molecule is COc1ccc(C2CCc3cc(OC)cc(Oc4ccc(O)cc4)c3C2)cc1. The number of methoxy groups -OCH3 is 2. The molecule has 144 valence electrons. The molecule has 0 aromatic heterocycles. The van der Waals surface area contributed by atoms with Gasteiger partial charge in [-0.05, 0) is 84.3 Å². The highest BCUT2D eigenvalue weighted by molar-refractivity contribution is 5.51. The topological polar surface area (TPSA) is 47.9 Å². The van der Waals surface area contributed by atoms with Gasteiger partial charge in [0, 0.05) is 6.07 Å². The van der Waals surface area contributed by atoms with Gasteiger partial charge in [0.05, 0.1) is 14.2 Å². The fourth-order valence-corrected chi connectivity index (χ4v) is 3.82. The predicted octanol–water partition coefficient (Wildman–Crippen LogP) is 5.47. The Morgan fingerprint density at radius 1 is 0.821 bits per heavy atom. The van der Waals surface area contributed by atoms with Crippen LogP contribution in [-0.2, 0) is 12.8 Å². The monoisotopic (exact) mass is 376 g/mol. The van der Waals surface area contributed by atoms with Crippen molar-refractivity contribution in [1.82, 2.24) is 0 Å². The molecular formula is C24H24O4. The molecule has 28 heavy (non-hydrogen) atoms. The van der Waals surface area contributed by atoms with Crippen molar-refractivity contribution in [2.75, 3.05) is 14.2 Å². The maximum atomic E-state index is 9.51. The molecule has 0 fully saturated rings. The second kappa shape index (κ2) is 7.85. The van der Waals surface area contributed by atoms with Gasteiger partial charge >= 0.3 is 0 Å². The first-order chi connectivity index (χ1) is 13.7. The number of aromatic hydroxyl groups is 1. The Bertz CT molecular complexity index is 946. The highest BCUT2D eigenvalue weighted by Gasteiger charge is 2.24. The first kappa shape index (κ1) is 18.2. The molecule has 4 nitrogen and oxygen atoms in total. The molecule has 0 amide bonds. The minimum atomic E-state index is 0.222. The van der Waals surface area contributed by atoms with Gasteiger partial charge in [0.15, 0.2) is 0 Å². The van der Waals surface area contributed by atoms with E-state index < -0.39 is 0 Å². The van der Waals surface area contributed by atoms with E-state index in [0.29, 0.717) is 11.7 Å². The van der Waals surface area contributed by atoms with E-state index in [0.717, 1.165) is 36.5 Å². The lowest BCUT2D eigenvalue weighted by molar-refractivity contribution is 0.404. The highest BCUT2D eigenvalue weighted by Crippen LogP contribution is 2.41. The summed E-state index contributed by atoms with van der Waals surface area (Å²) in [6.07, 6.45) is 2.99. The van der Waals surface area contributed by atoms with Crippen molar-refractivity contribution in [3.63, 3.8) is 0 Å². The molecule has 1 unspecified atom stereocenters. The zero-order valence-electron chi connectivity index (χ0n) is 16.1. The lowest BCUT2D eigenvalue weighted by atomic mass is 9.79. The van der Waals surface area contributed by atoms with E-state index in [1.807, 2.05) is 18.2 Å². The van der Waals surface area contributed by atoms with E-state index in [-0.39, 0.29) is 5.75 Å². The fourth-order valence-electron chi connectivity index (χ4n) is 3.82. The molecule has 4 heteroatoms. The van der Waals surface area contributed by atoms with Crippen LogP contribution in [0.5, 0.6) is 28.7 Å². The number of hydrogen-bond donors (Lipinski definition) is 1. The summed E-state index contributed by atoms with van der Waals surface area (Å²) in [5, 5.41) is 9.51. The third-order valence-corrected chi connectivity index (χ3v) is 5.37. The van der Waals surface area contributed by atoms with Crippen molar-refractivity contribution in [1.29, 1.82) is 0 Å². The summed E-state index contributed by atoms with van der Waals surface area (Å²) >= 11 is 0. The van der Waals surface area contributed by atoms with Crippen LogP contribution in [0.1, 0.15) is 29.0 Å². The number of ether oxygens (including phenoxy) is 3. The average Bonchev–Trinajstić information content (AvgIpc) is 2.75. The fraction of sp³-hybridized carbons (Fsp3) is 0.250. The van der Waals surface area contributed by atoms with Gasteiger partial charge in [-0.25, -0.2) is 0 Å². The summed E-state index contributed by atoms with van der Waals surface area (Å²) in [5.41, 5.74) is 3.82.